The van der Waals surface area contributed by atoms with Crippen LogP contribution in [0.25, 0.3) is 11.0 Å². The summed E-state index contributed by atoms with van der Waals surface area (Å²) in [6.45, 7) is 3.06. The monoisotopic (exact) mass is 534 g/mol. The van der Waals surface area contributed by atoms with Crippen molar-refractivity contribution in [2.45, 2.75) is 31.4 Å². The Morgan fingerprint density at radius 3 is 2.70 bits per heavy atom. The molecule has 1 atom stereocenters. The second-order valence-corrected chi connectivity index (χ2v) is 9.70. The van der Waals surface area contributed by atoms with Gasteiger partial charge in [-0.25, -0.2) is 18.0 Å². The Balaban J connectivity index is 1.57. The molecule has 9 nitrogen and oxygen atoms in total. The first-order chi connectivity index (χ1) is 15.7. The van der Waals surface area contributed by atoms with Gasteiger partial charge in [0.2, 0.25) is 5.76 Å². The predicted molar refractivity (Wildman–Crippen MR) is 122 cm³/mol. The number of amidine groups is 1. The van der Waals surface area contributed by atoms with Crippen LogP contribution in [0.3, 0.4) is 0 Å². The van der Waals surface area contributed by atoms with Crippen molar-refractivity contribution in [3.63, 3.8) is 0 Å². The van der Waals surface area contributed by atoms with Crippen LogP contribution in [0.2, 0.25) is 0 Å². The van der Waals surface area contributed by atoms with Gasteiger partial charge >= 0.3 is 11.9 Å². The largest absolute Gasteiger partial charge is 0.460 e. The number of esters is 2. The molecule has 0 bridgehead atoms. The molecular weight excluding hydrogens is 516 g/mol. The molecular formula is C22H19BrN2O7S. The lowest BCUT2D eigenvalue weighted by atomic mass is 10.1. The van der Waals surface area contributed by atoms with E-state index >= 15 is 0 Å². The molecule has 1 unspecified atom stereocenters. The number of nitrogens with one attached hydrogen (secondary N) is 1. The van der Waals surface area contributed by atoms with Crippen LogP contribution in [0.1, 0.15) is 35.5 Å². The maximum absolute atomic E-state index is 12.6. The summed E-state index contributed by atoms with van der Waals surface area (Å²) in [6.07, 6.45) is 0. The number of rotatable bonds is 6. The summed E-state index contributed by atoms with van der Waals surface area (Å²) in [5.41, 5.74) is 1.19. The van der Waals surface area contributed by atoms with Crippen LogP contribution in [0.5, 0.6) is 0 Å². The zero-order chi connectivity index (χ0) is 23.8. The Morgan fingerprint density at radius 2 is 1.94 bits per heavy atom. The Kier molecular flexibility index (Phi) is 6.26. The Bertz CT molecular complexity index is 1390. The SMILES string of the molecule is CCOC(=O)c1oc2ccc(Br)cc2c1COC(=O)C(C)N=C1NS(=O)(=O)c2ccccc21. The average Bonchev–Trinajstić information content (AvgIpc) is 3.26. The molecule has 3 aromatic rings. The summed E-state index contributed by atoms with van der Waals surface area (Å²) in [5, 5.41) is 0.594. The molecule has 2 aromatic carbocycles. The molecule has 0 spiro atoms. The van der Waals surface area contributed by atoms with E-state index in [0.717, 1.165) is 4.47 Å². The van der Waals surface area contributed by atoms with Gasteiger partial charge in [0, 0.05) is 15.4 Å². The molecule has 0 amide bonds. The van der Waals surface area contributed by atoms with Crippen LogP contribution in [-0.2, 0) is 30.9 Å². The molecule has 33 heavy (non-hydrogen) atoms. The highest BCUT2D eigenvalue weighted by molar-refractivity contribution is 9.10. The summed E-state index contributed by atoms with van der Waals surface area (Å²) in [6, 6.07) is 10.5. The molecule has 4 rings (SSSR count). The lowest BCUT2D eigenvalue weighted by Gasteiger charge is -2.09. The maximum atomic E-state index is 12.6. The van der Waals surface area contributed by atoms with Gasteiger partial charge in [-0.05, 0) is 44.2 Å². The van der Waals surface area contributed by atoms with Gasteiger partial charge in [0.05, 0.1) is 17.1 Å². The van der Waals surface area contributed by atoms with Crippen LogP contribution >= 0.6 is 15.9 Å². The minimum atomic E-state index is -3.72. The summed E-state index contributed by atoms with van der Waals surface area (Å²) in [7, 11) is -3.72. The van der Waals surface area contributed by atoms with Crippen molar-refractivity contribution < 1.29 is 31.9 Å². The molecule has 1 N–H and O–H groups in total. The first-order valence-corrected chi connectivity index (χ1v) is 12.2. The van der Waals surface area contributed by atoms with Crippen LogP contribution < -0.4 is 4.72 Å². The number of nitrogens with zero attached hydrogens (tertiary/aromatic N) is 1. The fourth-order valence-corrected chi connectivity index (χ4v) is 4.97. The van der Waals surface area contributed by atoms with E-state index in [1.807, 2.05) is 0 Å². The summed E-state index contributed by atoms with van der Waals surface area (Å²) in [5.74, 6) is -1.35. The van der Waals surface area contributed by atoms with Crippen molar-refractivity contribution in [2.75, 3.05) is 6.61 Å². The Morgan fingerprint density at radius 1 is 1.18 bits per heavy atom. The van der Waals surface area contributed by atoms with Crippen molar-refractivity contribution in [1.29, 1.82) is 0 Å². The molecule has 1 aliphatic rings. The number of ether oxygens (including phenoxy) is 2. The summed E-state index contributed by atoms with van der Waals surface area (Å²) in [4.78, 5) is 29.3. The molecule has 0 saturated heterocycles. The first-order valence-electron chi connectivity index (χ1n) is 9.96. The van der Waals surface area contributed by atoms with Gasteiger partial charge in [0.15, 0.2) is 0 Å². The zero-order valence-electron chi connectivity index (χ0n) is 17.6. The number of fused-ring (bicyclic) bond motifs is 2. The number of carbonyl (C=O) groups excluding carboxylic acids is 2. The molecule has 1 aliphatic heterocycles. The van der Waals surface area contributed by atoms with Gasteiger partial charge in [-0.1, -0.05) is 28.1 Å². The van der Waals surface area contributed by atoms with Crippen LogP contribution in [0.15, 0.2) is 61.2 Å². The average molecular weight is 535 g/mol. The number of furan rings is 1. The molecule has 2 heterocycles. The van der Waals surface area contributed by atoms with E-state index in [0.29, 0.717) is 22.1 Å². The number of hydrogen-bond acceptors (Lipinski definition) is 8. The van der Waals surface area contributed by atoms with Crippen molar-refractivity contribution >= 4 is 54.7 Å². The third-order valence-electron chi connectivity index (χ3n) is 4.90. The third kappa shape index (κ3) is 4.51. The highest BCUT2D eigenvalue weighted by Crippen LogP contribution is 2.30. The number of hydrogen-bond donors (Lipinski definition) is 1. The minimum Gasteiger partial charge on any atom is -0.460 e. The van der Waals surface area contributed by atoms with E-state index in [9.17, 15) is 18.0 Å². The van der Waals surface area contributed by atoms with Crippen molar-refractivity contribution in [1.82, 2.24) is 4.72 Å². The second-order valence-electron chi connectivity index (χ2n) is 7.13. The van der Waals surface area contributed by atoms with Gasteiger partial charge in [-0.15, -0.1) is 0 Å². The van der Waals surface area contributed by atoms with E-state index in [-0.39, 0.29) is 29.7 Å². The van der Waals surface area contributed by atoms with Gasteiger partial charge in [-0.2, -0.15) is 0 Å². The molecule has 1 aromatic heterocycles. The highest BCUT2D eigenvalue weighted by Gasteiger charge is 2.31. The second kappa shape index (κ2) is 8.99. The van der Waals surface area contributed by atoms with Crippen molar-refractivity contribution in [3.05, 3.63) is 63.8 Å². The first kappa shape index (κ1) is 23.0. The van der Waals surface area contributed by atoms with Crippen LogP contribution in [-0.4, -0.2) is 38.8 Å². The van der Waals surface area contributed by atoms with Gasteiger partial charge in [0.25, 0.3) is 10.0 Å². The molecule has 0 radical (unpaired) electrons. The topological polar surface area (TPSA) is 124 Å². The third-order valence-corrected chi connectivity index (χ3v) is 6.79. The summed E-state index contributed by atoms with van der Waals surface area (Å²) < 4.78 is 43.7. The van der Waals surface area contributed by atoms with E-state index in [4.69, 9.17) is 13.9 Å². The smallest absolute Gasteiger partial charge is 0.374 e. The standard InChI is InChI=1S/C22H19BrN2O7S/c1-3-30-22(27)19-16(15-10-13(23)8-9-17(15)32-19)11-31-21(26)12(2)24-20-14-6-4-5-7-18(14)33(28,29)25-20/h4-10,12H,3,11H2,1-2H3,(H,24,25). The minimum absolute atomic E-state index is 0.0470. The van der Waals surface area contributed by atoms with Gasteiger partial charge in [-0.3, -0.25) is 9.71 Å². The van der Waals surface area contributed by atoms with Gasteiger partial charge < -0.3 is 13.9 Å². The van der Waals surface area contributed by atoms with E-state index in [1.54, 1.807) is 43.3 Å². The lowest BCUT2D eigenvalue weighted by molar-refractivity contribution is -0.146. The number of benzene rings is 2. The van der Waals surface area contributed by atoms with Crippen LogP contribution in [0, 0.1) is 0 Å². The molecule has 0 fully saturated rings. The van der Waals surface area contributed by atoms with Gasteiger partial charge in [0.1, 0.15) is 24.1 Å². The highest BCUT2D eigenvalue weighted by atomic mass is 79.9. The maximum Gasteiger partial charge on any atom is 0.374 e. The predicted octanol–water partition coefficient (Wildman–Crippen LogP) is 3.54. The fourth-order valence-electron chi connectivity index (χ4n) is 3.37. The van der Waals surface area contributed by atoms with E-state index in [1.165, 1.54) is 13.0 Å². The number of halogens is 1. The number of aliphatic imine (C=N–C) groups is 1. The normalized spacial score (nSPS) is 16.3. The van der Waals surface area contributed by atoms with E-state index in [2.05, 4.69) is 25.6 Å². The van der Waals surface area contributed by atoms with Crippen molar-refractivity contribution in [2.24, 2.45) is 4.99 Å². The van der Waals surface area contributed by atoms with Crippen molar-refractivity contribution in [3.8, 4) is 0 Å². The fraction of sp³-hybridized carbons (Fsp3) is 0.227. The number of sulfonamides is 1. The molecule has 0 aliphatic carbocycles. The molecule has 172 valence electrons. The quantitative estimate of drug-likeness (QED) is 0.479. The van der Waals surface area contributed by atoms with E-state index < -0.39 is 28.0 Å². The lowest BCUT2D eigenvalue weighted by Crippen LogP contribution is -2.26. The zero-order valence-corrected chi connectivity index (χ0v) is 20.0. The molecule has 0 saturated carbocycles. The Hall–Kier alpha value is -3.18. The summed E-state index contributed by atoms with van der Waals surface area (Å²) >= 11 is 3.38. The van der Waals surface area contributed by atoms with Crippen LogP contribution in [0.4, 0.5) is 0 Å². The Labute approximate surface area is 198 Å². The molecule has 11 heteroatoms. The number of carbonyl (C=O) groups is 2.